The van der Waals surface area contributed by atoms with Gasteiger partial charge >= 0.3 is 12.4 Å². The summed E-state index contributed by atoms with van der Waals surface area (Å²) in [5.41, 5.74) is -1.87. The molecule has 0 bridgehead atoms. The highest BCUT2D eigenvalue weighted by molar-refractivity contribution is 5.35. The molecule has 3 rings (SSSR count). The highest BCUT2D eigenvalue weighted by Crippen LogP contribution is 2.57. The summed E-state index contributed by atoms with van der Waals surface area (Å²) in [4.78, 5) is 0. The van der Waals surface area contributed by atoms with Crippen LogP contribution in [0.2, 0.25) is 0 Å². The second-order valence-electron chi connectivity index (χ2n) is 10.5. The minimum atomic E-state index is -5.86. The van der Waals surface area contributed by atoms with Crippen LogP contribution < -0.4 is 0 Å². The lowest BCUT2D eigenvalue weighted by molar-refractivity contribution is -0.347. The lowest BCUT2D eigenvalue weighted by Gasteiger charge is -2.42. The van der Waals surface area contributed by atoms with Crippen LogP contribution in [0.15, 0.2) is 47.1 Å². The Hall–Kier alpha value is -1.58. The van der Waals surface area contributed by atoms with Gasteiger partial charge < -0.3 is 15.3 Å². The molecule has 3 aliphatic rings. The van der Waals surface area contributed by atoms with E-state index in [0.29, 0.717) is 19.3 Å². The molecule has 5 atom stereocenters. The SMILES string of the molecule is C[C@H](C/C=C/C(O)(C(F)(F)F)C(F)(F)F)C1=CC[C@H]2/C(=C/C=C3C[C@@H](O)C[C@H](O)C3)CCC[C@]12C. The maximum absolute atomic E-state index is 12.9. The van der Waals surface area contributed by atoms with Gasteiger partial charge in [0.15, 0.2) is 0 Å². The molecule has 9 heteroatoms. The Balaban J connectivity index is 1.73. The zero-order chi connectivity index (χ0) is 26.2. The Morgan fingerprint density at radius 2 is 1.66 bits per heavy atom. The number of aliphatic hydroxyl groups excluding tert-OH is 2. The molecule has 2 fully saturated rings. The first-order chi connectivity index (χ1) is 16.1. The monoisotopic (exact) mass is 508 g/mol. The standard InChI is InChI=1S/C26H34F6O3/c1-16(5-3-12-24(35,25(27,28)29)26(30,31)32)21-9-10-22-18(6-4-11-23(21,22)2)8-7-17-13-19(33)15-20(34)14-17/h3,7-9,12,16,19-20,22,33-35H,4-6,10-11,13-15H2,1-2H3/b12-3+,18-8+/t16-,19-,20-,22+,23-/m1/s1. The molecule has 198 valence electrons. The van der Waals surface area contributed by atoms with E-state index >= 15 is 0 Å². The van der Waals surface area contributed by atoms with E-state index in [9.17, 15) is 41.7 Å². The van der Waals surface area contributed by atoms with Crippen molar-refractivity contribution in [2.45, 2.75) is 95.4 Å². The first kappa shape index (κ1) is 28.0. The molecular weight excluding hydrogens is 474 g/mol. The number of rotatable bonds is 5. The summed E-state index contributed by atoms with van der Waals surface area (Å²) >= 11 is 0. The molecule has 0 aromatic carbocycles. The smallest absolute Gasteiger partial charge is 0.393 e. The Labute approximate surface area is 201 Å². The van der Waals surface area contributed by atoms with Crippen molar-refractivity contribution in [2.24, 2.45) is 17.3 Å². The van der Waals surface area contributed by atoms with Gasteiger partial charge in [0.2, 0.25) is 0 Å². The molecule has 3 aliphatic carbocycles. The fraction of sp³-hybridized carbons (Fsp3) is 0.692. The molecule has 0 unspecified atom stereocenters. The highest BCUT2D eigenvalue weighted by atomic mass is 19.4. The molecule has 2 saturated carbocycles. The van der Waals surface area contributed by atoms with Crippen LogP contribution in [0.25, 0.3) is 0 Å². The van der Waals surface area contributed by atoms with Crippen LogP contribution in [0.5, 0.6) is 0 Å². The maximum atomic E-state index is 12.9. The molecule has 3 N–H and O–H groups in total. The second-order valence-corrected chi connectivity index (χ2v) is 10.5. The van der Waals surface area contributed by atoms with Gasteiger partial charge in [-0.15, -0.1) is 0 Å². The van der Waals surface area contributed by atoms with Crippen LogP contribution >= 0.6 is 0 Å². The fourth-order valence-corrected chi connectivity index (χ4v) is 6.07. The van der Waals surface area contributed by atoms with Gasteiger partial charge in [0, 0.05) is 0 Å². The summed E-state index contributed by atoms with van der Waals surface area (Å²) in [7, 11) is 0. The normalized spacial score (nSPS) is 32.7. The number of aliphatic hydroxyl groups is 3. The van der Waals surface area contributed by atoms with Crippen molar-refractivity contribution in [3.05, 3.63) is 47.1 Å². The fourth-order valence-electron chi connectivity index (χ4n) is 6.07. The molecular formula is C26H34F6O3. The van der Waals surface area contributed by atoms with Crippen molar-refractivity contribution in [2.75, 3.05) is 0 Å². The van der Waals surface area contributed by atoms with E-state index in [0.717, 1.165) is 42.9 Å². The van der Waals surface area contributed by atoms with E-state index < -0.39 is 30.2 Å². The average molecular weight is 509 g/mol. The minimum absolute atomic E-state index is 0.0541. The van der Waals surface area contributed by atoms with Crippen molar-refractivity contribution in [3.63, 3.8) is 0 Å². The van der Waals surface area contributed by atoms with Crippen molar-refractivity contribution >= 4 is 0 Å². The number of hydrogen-bond donors (Lipinski definition) is 3. The predicted octanol–water partition coefficient (Wildman–Crippen LogP) is 6.32. The third-order valence-electron chi connectivity index (χ3n) is 7.93. The molecule has 0 aliphatic heterocycles. The van der Waals surface area contributed by atoms with Crippen LogP contribution in [0.3, 0.4) is 0 Å². The van der Waals surface area contributed by atoms with E-state index in [1.54, 1.807) is 6.92 Å². The zero-order valence-corrected chi connectivity index (χ0v) is 20.0. The lowest BCUT2D eigenvalue weighted by Crippen LogP contribution is -2.55. The summed E-state index contributed by atoms with van der Waals surface area (Å²) in [6.45, 7) is 3.89. The van der Waals surface area contributed by atoms with Gasteiger partial charge in [-0.2, -0.15) is 26.3 Å². The van der Waals surface area contributed by atoms with Crippen molar-refractivity contribution in [1.82, 2.24) is 0 Å². The third kappa shape index (κ3) is 5.72. The van der Waals surface area contributed by atoms with Gasteiger partial charge in [0.1, 0.15) is 0 Å². The molecule has 0 saturated heterocycles. The molecule has 0 amide bonds. The van der Waals surface area contributed by atoms with Gasteiger partial charge in [-0.25, -0.2) is 0 Å². The lowest BCUT2D eigenvalue weighted by atomic mass is 9.62. The van der Waals surface area contributed by atoms with Crippen LogP contribution in [0.4, 0.5) is 26.3 Å². The summed E-state index contributed by atoms with van der Waals surface area (Å²) in [6.07, 6.45) is -1.33. The van der Waals surface area contributed by atoms with Crippen LogP contribution in [0.1, 0.15) is 65.2 Å². The number of allylic oxidation sites excluding steroid dienone is 6. The number of halogens is 6. The zero-order valence-electron chi connectivity index (χ0n) is 20.0. The van der Waals surface area contributed by atoms with Gasteiger partial charge in [-0.1, -0.05) is 54.9 Å². The molecule has 3 nitrogen and oxygen atoms in total. The van der Waals surface area contributed by atoms with Crippen LogP contribution in [-0.4, -0.2) is 45.5 Å². The van der Waals surface area contributed by atoms with Crippen molar-refractivity contribution in [3.8, 4) is 0 Å². The molecule has 35 heavy (non-hydrogen) atoms. The highest BCUT2D eigenvalue weighted by Gasteiger charge is 2.68. The van der Waals surface area contributed by atoms with E-state index in [2.05, 4.69) is 19.1 Å². The van der Waals surface area contributed by atoms with Gasteiger partial charge in [0.05, 0.1) is 12.2 Å². The van der Waals surface area contributed by atoms with Crippen LogP contribution in [-0.2, 0) is 0 Å². The van der Waals surface area contributed by atoms with E-state index in [-0.39, 0.29) is 29.7 Å². The van der Waals surface area contributed by atoms with E-state index in [1.807, 2.05) is 6.08 Å². The average Bonchev–Trinajstić information content (AvgIpc) is 3.07. The van der Waals surface area contributed by atoms with Crippen LogP contribution in [0, 0.1) is 17.3 Å². The van der Waals surface area contributed by atoms with Gasteiger partial charge in [0.25, 0.3) is 5.60 Å². The Morgan fingerprint density at radius 1 is 1.06 bits per heavy atom. The number of hydrogen-bond acceptors (Lipinski definition) is 3. The van der Waals surface area contributed by atoms with E-state index in [4.69, 9.17) is 0 Å². The Morgan fingerprint density at radius 3 is 2.23 bits per heavy atom. The largest absolute Gasteiger partial charge is 0.429 e. The van der Waals surface area contributed by atoms with Gasteiger partial charge in [-0.3, -0.25) is 0 Å². The maximum Gasteiger partial charge on any atom is 0.429 e. The molecule has 0 radical (unpaired) electrons. The molecule has 0 aromatic heterocycles. The topological polar surface area (TPSA) is 60.7 Å². The van der Waals surface area contributed by atoms with Crippen molar-refractivity contribution < 1.29 is 41.7 Å². The molecule has 0 spiro atoms. The number of fused-ring (bicyclic) bond motifs is 1. The molecule has 0 aromatic rings. The number of alkyl halides is 6. The van der Waals surface area contributed by atoms with E-state index in [1.165, 1.54) is 5.57 Å². The summed E-state index contributed by atoms with van der Waals surface area (Å²) < 4.78 is 77.6. The summed E-state index contributed by atoms with van der Waals surface area (Å²) in [5.74, 6) is -0.0939. The summed E-state index contributed by atoms with van der Waals surface area (Å²) in [5, 5.41) is 29.2. The quantitative estimate of drug-likeness (QED) is 0.301. The molecule has 0 heterocycles. The van der Waals surface area contributed by atoms with Gasteiger partial charge in [-0.05, 0) is 74.7 Å². The Kier molecular flexibility index (Phi) is 8.04. The Bertz CT molecular complexity index is 872. The van der Waals surface area contributed by atoms with Crippen molar-refractivity contribution in [1.29, 1.82) is 0 Å². The minimum Gasteiger partial charge on any atom is -0.393 e. The third-order valence-corrected chi connectivity index (χ3v) is 7.93. The first-order valence-electron chi connectivity index (χ1n) is 12.1. The first-order valence-corrected chi connectivity index (χ1v) is 12.1. The second kappa shape index (κ2) is 10.1. The predicted molar refractivity (Wildman–Crippen MR) is 120 cm³/mol. The summed E-state index contributed by atoms with van der Waals surface area (Å²) in [6, 6.07) is 0.